The first-order chi connectivity index (χ1) is 7.43. The predicted molar refractivity (Wildman–Crippen MR) is 68.2 cm³/mol. The summed E-state index contributed by atoms with van der Waals surface area (Å²) in [6.07, 6.45) is 2.08. The fourth-order valence-electron chi connectivity index (χ4n) is 2.05. The second kappa shape index (κ2) is 3.55. The standard InChI is InChI=1S/C14H19NO/c1-14(2,3)11-8-10-6-7-15(4)12(10)9-13(11)16-5/h6-9H,1-5H3. The summed E-state index contributed by atoms with van der Waals surface area (Å²) in [7, 11) is 3.79. The molecule has 1 aromatic carbocycles. The number of fused-ring (bicyclic) bond motifs is 1. The van der Waals surface area contributed by atoms with E-state index in [4.69, 9.17) is 4.74 Å². The topological polar surface area (TPSA) is 14.2 Å². The average Bonchev–Trinajstić information content (AvgIpc) is 2.57. The van der Waals surface area contributed by atoms with Crippen molar-refractivity contribution in [2.45, 2.75) is 26.2 Å². The van der Waals surface area contributed by atoms with Crippen LogP contribution < -0.4 is 4.74 Å². The van der Waals surface area contributed by atoms with E-state index in [1.807, 2.05) is 0 Å². The molecule has 0 spiro atoms. The lowest BCUT2D eigenvalue weighted by atomic mass is 9.85. The highest BCUT2D eigenvalue weighted by atomic mass is 16.5. The van der Waals surface area contributed by atoms with Crippen LogP contribution in [0.15, 0.2) is 24.4 Å². The minimum atomic E-state index is 0.107. The molecule has 0 unspecified atom stereocenters. The van der Waals surface area contributed by atoms with Crippen LogP contribution in [0.4, 0.5) is 0 Å². The molecule has 0 saturated heterocycles. The van der Waals surface area contributed by atoms with E-state index in [1.165, 1.54) is 16.5 Å². The molecule has 0 amide bonds. The van der Waals surface area contributed by atoms with Gasteiger partial charge in [0.05, 0.1) is 12.6 Å². The van der Waals surface area contributed by atoms with Crippen LogP contribution in [0.5, 0.6) is 5.75 Å². The first-order valence-electron chi connectivity index (χ1n) is 5.57. The smallest absolute Gasteiger partial charge is 0.124 e. The maximum atomic E-state index is 5.49. The average molecular weight is 217 g/mol. The summed E-state index contributed by atoms with van der Waals surface area (Å²) in [6.45, 7) is 6.62. The Morgan fingerprint density at radius 1 is 1.19 bits per heavy atom. The van der Waals surface area contributed by atoms with Crippen molar-refractivity contribution in [3.8, 4) is 5.75 Å². The summed E-state index contributed by atoms with van der Waals surface area (Å²) in [5.74, 6) is 0.974. The SMILES string of the molecule is COc1cc2c(ccn2C)cc1C(C)(C)C. The van der Waals surface area contributed by atoms with E-state index in [0.29, 0.717) is 0 Å². The number of rotatable bonds is 1. The molecule has 1 aromatic heterocycles. The number of nitrogens with zero attached hydrogens (tertiary/aromatic N) is 1. The van der Waals surface area contributed by atoms with Gasteiger partial charge in [0, 0.05) is 30.3 Å². The molecular weight excluding hydrogens is 198 g/mol. The zero-order valence-electron chi connectivity index (χ0n) is 10.7. The lowest BCUT2D eigenvalue weighted by Gasteiger charge is -2.22. The van der Waals surface area contributed by atoms with Gasteiger partial charge in [-0.1, -0.05) is 20.8 Å². The molecule has 0 atom stereocenters. The summed E-state index contributed by atoms with van der Waals surface area (Å²) in [4.78, 5) is 0. The van der Waals surface area contributed by atoms with Crippen LogP contribution in [-0.4, -0.2) is 11.7 Å². The molecule has 16 heavy (non-hydrogen) atoms. The van der Waals surface area contributed by atoms with E-state index in [2.05, 4.69) is 56.8 Å². The normalized spacial score (nSPS) is 12.1. The van der Waals surface area contributed by atoms with Gasteiger partial charge < -0.3 is 9.30 Å². The van der Waals surface area contributed by atoms with Crippen molar-refractivity contribution in [1.29, 1.82) is 0 Å². The molecule has 0 saturated carbocycles. The molecule has 2 aromatic rings. The third kappa shape index (κ3) is 1.69. The van der Waals surface area contributed by atoms with Crippen LogP contribution in [0.25, 0.3) is 10.9 Å². The molecule has 86 valence electrons. The Bertz CT molecular complexity index is 517. The highest BCUT2D eigenvalue weighted by molar-refractivity contribution is 5.83. The largest absolute Gasteiger partial charge is 0.496 e. The second-order valence-corrected chi connectivity index (χ2v) is 5.29. The summed E-state index contributed by atoms with van der Waals surface area (Å²) >= 11 is 0. The molecular formula is C14H19NO. The highest BCUT2D eigenvalue weighted by Crippen LogP contribution is 2.34. The van der Waals surface area contributed by atoms with Crippen LogP contribution in [-0.2, 0) is 12.5 Å². The third-order valence-electron chi connectivity index (χ3n) is 3.01. The van der Waals surface area contributed by atoms with Gasteiger partial charge in [-0.2, -0.15) is 0 Å². The first-order valence-corrected chi connectivity index (χ1v) is 5.57. The van der Waals surface area contributed by atoms with Crippen LogP contribution in [0, 0.1) is 0 Å². The van der Waals surface area contributed by atoms with Crippen LogP contribution >= 0.6 is 0 Å². The van der Waals surface area contributed by atoms with Crippen molar-refractivity contribution < 1.29 is 4.74 Å². The monoisotopic (exact) mass is 217 g/mol. The Kier molecular flexibility index (Phi) is 2.45. The Hall–Kier alpha value is -1.44. The maximum absolute atomic E-state index is 5.49. The molecule has 2 rings (SSSR count). The lowest BCUT2D eigenvalue weighted by molar-refractivity contribution is 0.398. The van der Waals surface area contributed by atoms with Crippen LogP contribution in [0.2, 0.25) is 0 Å². The fraction of sp³-hybridized carbons (Fsp3) is 0.429. The minimum Gasteiger partial charge on any atom is -0.496 e. The molecule has 0 N–H and O–H groups in total. The minimum absolute atomic E-state index is 0.107. The first kappa shape index (κ1) is 11.1. The number of aryl methyl sites for hydroxylation is 1. The van der Waals surface area contributed by atoms with Crippen molar-refractivity contribution >= 4 is 10.9 Å². The Morgan fingerprint density at radius 2 is 1.88 bits per heavy atom. The lowest BCUT2D eigenvalue weighted by Crippen LogP contribution is -2.12. The predicted octanol–water partition coefficient (Wildman–Crippen LogP) is 3.48. The zero-order valence-corrected chi connectivity index (χ0v) is 10.7. The van der Waals surface area contributed by atoms with E-state index in [0.717, 1.165) is 5.75 Å². The van der Waals surface area contributed by atoms with Gasteiger partial charge in [0.2, 0.25) is 0 Å². The Morgan fingerprint density at radius 3 is 2.44 bits per heavy atom. The van der Waals surface area contributed by atoms with E-state index < -0.39 is 0 Å². The van der Waals surface area contributed by atoms with Crippen molar-refractivity contribution in [2.24, 2.45) is 7.05 Å². The molecule has 0 aliphatic carbocycles. The second-order valence-electron chi connectivity index (χ2n) is 5.29. The summed E-state index contributed by atoms with van der Waals surface area (Å²) < 4.78 is 7.61. The number of aromatic nitrogens is 1. The van der Waals surface area contributed by atoms with Crippen LogP contribution in [0.3, 0.4) is 0 Å². The summed E-state index contributed by atoms with van der Waals surface area (Å²) in [5.41, 5.74) is 2.58. The van der Waals surface area contributed by atoms with Crippen molar-refractivity contribution in [2.75, 3.05) is 7.11 Å². The third-order valence-corrected chi connectivity index (χ3v) is 3.01. The molecule has 0 fully saturated rings. The quantitative estimate of drug-likeness (QED) is 0.713. The molecule has 0 bridgehead atoms. The van der Waals surface area contributed by atoms with Gasteiger partial charge in [-0.15, -0.1) is 0 Å². The summed E-state index contributed by atoms with van der Waals surface area (Å²) in [5, 5.41) is 1.27. The van der Waals surface area contributed by atoms with Gasteiger partial charge in [0.15, 0.2) is 0 Å². The van der Waals surface area contributed by atoms with Crippen molar-refractivity contribution in [3.05, 3.63) is 30.0 Å². The Balaban J connectivity index is 2.74. The van der Waals surface area contributed by atoms with Gasteiger partial charge >= 0.3 is 0 Å². The molecule has 1 heterocycles. The number of benzene rings is 1. The van der Waals surface area contributed by atoms with E-state index >= 15 is 0 Å². The fourth-order valence-corrected chi connectivity index (χ4v) is 2.05. The van der Waals surface area contributed by atoms with Gasteiger partial charge in [0.25, 0.3) is 0 Å². The number of hydrogen-bond acceptors (Lipinski definition) is 1. The molecule has 0 aliphatic heterocycles. The van der Waals surface area contributed by atoms with Gasteiger partial charge in [0.1, 0.15) is 5.75 Å². The number of methoxy groups -OCH3 is 1. The van der Waals surface area contributed by atoms with E-state index in [1.54, 1.807) is 7.11 Å². The van der Waals surface area contributed by atoms with Crippen LogP contribution in [0.1, 0.15) is 26.3 Å². The van der Waals surface area contributed by atoms with E-state index in [9.17, 15) is 0 Å². The van der Waals surface area contributed by atoms with Crippen molar-refractivity contribution in [3.63, 3.8) is 0 Å². The summed E-state index contributed by atoms with van der Waals surface area (Å²) in [6, 6.07) is 6.49. The number of ether oxygens (including phenoxy) is 1. The highest BCUT2D eigenvalue weighted by Gasteiger charge is 2.19. The Labute approximate surface area is 96.8 Å². The molecule has 2 heteroatoms. The maximum Gasteiger partial charge on any atom is 0.124 e. The van der Waals surface area contributed by atoms with Crippen molar-refractivity contribution in [1.82, 2.24) is 4.57 Å². The van der Waals surface area contributed by atoms with Gasteiger partial charge in [-0.25, -0.2) is 0 Å². The van der Waals surface area contributed by atoms with Gasteiger partial charge in [-0.3, -0.25) is 0 Å². The molecule has 0 radical (unpaired) electrons. The molecule has 0 aliphatic rings. The molecule has 2 nitrogen and oxygen atoms in total. The zero-order chi connectivity index (χ0) is 11.9. The number of hydrogen-bond donors (Lipinski definition) is 0. The van der Waals surface area contributed by atoms with E-state index in [-0.39, 0.29) is 5.41 Å². The van der Waals surface area contributed by atoms with Gasteiger partial charge in [-0.05, 0) is 17.5 Å².